The zero-order chi connectivity index (χ0) is 32.2. The number of para-hydroxylation sites is 1. The predicted molar refractivity (Wildman–Crippen MR) is 167 cm³/mol. The van der Waals surface area contributed by atoms with E-state index in [9.17, 15) is 8.42 Å². The monoisotopic (exact) mass is 680 g/mol. The van der Waals surface area contributed by atoms with Gasteiger partial charge in [0.25, 0.3) is 15.9 Å². The van der Waals surface area contributed by atoms with Gasteiger partial charge in [0.1, 0.15) is 28.2 Å². The molecule has 0 saturated heterocycles. The fraction of sp³-hybridized carbons (Fsp3) is 0. The van der Waals surface area contributed by atoms with E-state index in [1.54, 1.807) is 30.3 Å². The summed E-state index contributed by atoms with van der Waals surface area (Å²) in [4.78, 5) is 12.6. The number of sulfonamides is 1. The van der Waals surface area contributed by atoms with Crippen LogP contribution in [0.2, 0.25) is 10.0 Å². The van der Waals surface area contributed by atoms with Gasteiger partial charge in [0.05, 0.1) is 26.8 Å². The Morgan fingerprint density at radius 2 is 1.76 bits per heavy atom. The highest BCUT2D eigenvalue weighted by atomic mass is 35.5. The Morgan fingerprint density at radius 1 is 0.935 bits per heavy atom. The van der Waals surface area contributed by atoms with Crippen LogP contribution in [-0.4, -0.2) is 43.3 Å². The number of pyridine rings is 1. The SMILES string of the molecule is Nc1nnc(-c2nn(-c3ccc4ncnc(Nc5c(F)ccc(NS(=O)(=O)c6cccc(Cl)c6Cl)c5F)c4n3)c3ccccc23)o1. The van der Waals surface area contributed by atoms with Crippen molar-refractivity contribution in [2.45, 2.75) is 4.90 Å². The second-order valence-electron chi connectivity index (χ2n) is 9.55. The number of hydrogen-bond donors (Lipinski definition) is 3. The van der Waals surface area contributed by atoms with Crippen LogP contribution in [0.15, 0.2) is 82.4 Å². The zero-order valence-corrected chi connectivity index (χ0v) is 25.1. The molecule has 7 aromatic rings. The third-order valence-electron chi connectivity index (χ3n) is 6.70. The number of fused-ring (bicyclic) bond motifs is 2. The van der Waals surface area contributed by atoms with Gasteiger partial charge in [0.2, 0.25) is 0 Å². The molecule has 0 aliphatic heterocycles. The van der Waals surface area contributed by atoms with E-state index in [1.807, 2.05) is 6.07 Å². The highest BCUT2D eigenvalue weighted by molar-refractivity contribution is 7.92. The number of nitrogens with one attached hydrogen (secondary N) is 2. The summed E-state index contributed by atoms with van der Waals surface area (Å²) in [7, 11) is -4.42. The third kappa shape index (κ3) is 5.07. The molecular weight excluding hydrogens is 665 g/mol. The molecule has 46 heavy (non-hydrogen) atoms. The zero-order valence-electron chi connectivity index (χ0n) is 22.8. The van der Waals surface area contributed by atoms with Crippen molar-refractivity contribution in [3.8, 4) is 17.4 Å². The molecule has 0 unspecified atom stereocenters. The molecule has 7 rings (SSSR count). The van der Waals surface area contributed by atoms with E-state index >= 15 is 8.78 Å². The molecule has 230 valence electrons. The predicted octanol–water partition coefficient (Wildman–Crippen LogP) is 6.13. The van der Waals surface area contributed by atoms with Crippen LogP contribution in [0.1, 0.15) is 0 Å². The van der Waals surface area contributed by atoms with Gasteiger partial charge in [0.15, 0.2) is 23.1 Å². The van der Waals surface area contributed by atoms with E-state index in [1.165, 1.54) is 29.2 Å². The summed E-state index contributed by atoms with van der Waals surface area (Å²) in [5, 5.41) is 15.2. The van der Waals surface area contributed by atoms with Gasteiger partial charge in [-0.05, 0) is 42.5 Å². The molecule has 4 N–H and O–H groups in total. The molecule has 4 heterocycles. The normalized spacial score (nSPS) is 11.7. The van der Waals surface area contributed by atoms with Crippen molar-refractivity contribution >= 4 is 78.4 Å². The maximum atomic E-state index is 15.7. The summed E-state index contributed by atoms with van der Waals surface area (Å²) in [6, 6.07) is 16.1. The molecule has 3 aromatic carbocycles. The minimum absolute atomic E-state index is 0.0207. The average molecular weight is 681 g/mol. The van der Waals surface area contributed by atoms with Crippen LogP contribution in [0.3, 0.4) is 0 Å². The van der Waals surface area contributed by atoms with E-state index in [-0.39, 0.29) is 33.3 Å². The van der Waals surface area contributed by atoms with Gasteiger partial charge in [0, 0.05) is 5.39 Å². The number of benzene rings is 3. The molecule has 0 aliphatic rings. The first-order chi connectivity index (χ1) is 22.1. The van der Waals surface area contributed by atoms with Crippen LogP contribution in [0.25, 0.3) is 39.3 Å². The number of aromatic nitrogens is 7. The lowest BCUT2D eigenvalue weighted by Crippen LogP contribution is -2.15. The van der Waals surface area contributed by atoms with Crippen molar-refractivity contribution in [1.82, 2.24) is 34.9 Å². The fourth-order valence-corrected chi connectivity index (χ4v) is 6.45. The Hall–Kier alpha value is -5.45. The van der Waals surface area contributed by atoms with Gasteiger partial charge in [-0.3, -0.25) is 4.72 Å². The molecular formula is C28H16Cl2F2N10O3S. The maximum absolute atomic E-state index is 15.7. The summed E-state index contributed by atoms with van der Waals surface area (Å²) in [5.74, 6) is -1.99. The van der Waals surface area contributed by atoms with E-state index < -0.39 is 37.9 Å². The Morgan fingerprint density at radius 3 is 2.57 bits per heavy atom. The Kier molecular flexibility index (Phi) is 7.11. The standard InChI is InChI=1S/C28H16Cl2F2N10O3S/c29-14-5-3-7-19(21(14)30)46(43,44)41-16-9-8-15(31)24(22(16)32)37-26-25-17(34-12-35-26)10-11-20(36-25)42-18-6-2-1-4-13(18)23(40-42)27-38-39-28(33)45-27/h1-12,41H,(H2,33,39)(H,34,35,37). The lowest BCUT2D eigenvalue weighted by molar-refractivity contribution is 0.587. The number of hydrogen-bond acceptors (Lipinski definition) is 11. The molecule has 0 fully saturated rings. The molecule has 0 radical (unpaired) electrons. The van der Waals surface area contributed by atoms with Gasteiger partial charge < -0.3 is 15.5 Å². The summed E-state index contributed by atoms with van der Waals surface area (Å²) in [6.07, 6.45) is 1.18. The second-order valence-corrected chi connectivity index (χ2v) is 12.0. The number of nitrogens with two attached hydrogens (primary N) is 1. The van der Waals surface area contributed by atoms with Crippen molar-refractivity contribution in [2.75, 3.05) is 15.8 Å². The van der Waals surface area contributed by atoms with Crippen LogP contribution < -0.4 is 15.8 Å². The topological polar surface area (TPSA) is 180 Å². The van der Waals surface area contributed by atoms with E-state index in [0.29, 0.717) is 27.9 Å². The van der Waals surface area contributed by atoms with E-state index in [4.69, 9.17) is 33.4 Å². The highest BCUT2D eigenvalue weighted by Gasteiger charge is 2.24. The smallest absolute Gasteiger partial charge is 0.313 e. The third-order valence-corrected chi connectivity index (χ3v) is 9.04. The Balaban J connectivity index is 1.29. The first kappa shape index (κ1) is 29.3. The first-order valence-electron chi connectivity index (χ1n) is 13.0. The van der Waals surface area contributed by atoms with Crippen LogP contribution in [-0.2, 0) is 10.0 Å². The van der Waals surface area contributed by atoms with E-state index in [2.05, 4.69) is 40.3 Å². The molecule has 18 heteroatoms. The van der Waals surface area contributed by atoms with Crippen LogP contribution in [0.5, 0.6) is 0 Å². The molecule has 4 aromatic heterocycles. The van der Waals surface area contributed by atoms with Crippen LogP contribution >= 0.6 is 23.2 Å². The lowest BCUT2D eigenvalue weighted by Gasteiger charge is -2.15. The van der Waals surface area contributed by atoms with Gasteiger partial charge in [-0.15, -0.1) is 5.10 Å². The summed E-state index contributed by atoms with van der Waals surface area (Å²) >= 11 is 12.0. The molecule has 13 nitrogen and oxygen atoms in total. The van der Waals surface area contributed by atoms with E-state index in [0.717, 1.165) is 12.1 Å². The van der Waals surface area contributed by atoms with Crippen molar-refractivity contribution in [3.63, 3.8) is 0 Å². The minimum Gasteiger partial charge on any atom is -0.402 e. The summed E-state index contributed by atoms with van der Waals surface area (Å²) in [6.45, 7) is 0. The average Bonchev–Trinajstić information content (AvgIpc) is 3.65. The van der Waals surface area contributed by atoms with Crippen molar-refractivity contribution < 1.29 is 21.6 Å². The number of nitrogens with zero attached hydrogens (tertiary/aromatic N) is 7. The number of rotatable bonds is 7. The van der Waals surface area contributed by atoms with Gasteiger partial charge in [-0.1, -0.05) is 52.6 Å². The highest BCUT2D eigenvalue weighted by Crippen LogP contribution is 2.35. The fourth-order valence-electron chi connectivity index (χ4n) is 4.62. The summed E-state index contributed by atoms with van der Waals surface area (Å²) < 4.78 is 65.8. The van der Waals surface area contributed by atoms with Crippen LogP contribution in [0.4, 0.5) is 32.0 Å². The van der Waals surface area contributed by atoms with Gasteiger partial charge in [-0.25, -0.2) is 36.8 Å². The van der Waals surface area contributed by atoms with Crippen molar-refractivity contribution in [2.24, 2.45) is 0 Å². The van der Waals surface area contributed by atoms with Gasteiger partial charge in [-0.2, -0.15) is 5.10 Å². The number of anilines is 4. The number of halogens is 4. The Bertz CT molecular complexity index is 2440. The quantitative estimate of drug-likeness (QED) is 0.176. The first-order valence-corrected chi connectivity index (χ1v) is 15.3. The second kappa shape index (κ2) is 11.2. The van der Waals surface area contributed by atoms with Crippen molar-refractivity contribution in [1.29, 1.82) is 0 Å². The summed E-state index contributed by atoms with van der Waals surface area (Å²) in [5.41, 5.74) is 5.78. The molecule has 0 saturated carbocycles. The molecule has 0 atom stereocenters. The maximum Gasteiger partial charge on any atom is 0.313 e. The minimum atomic E-state index is -4.42. The molecule has 0 aliphatic carbocycles. The lowest BCUT2D eigenvalue weighted by atomic mass is 10.2. The van der Waals surface area contributed by atoms with Gasteiger partial charge >= 0.3 is 6.01 Å². The Labute approximate surface area is 267 Å². The molecule has 0 bridgehead atoms. The largest absolute Gasteiger partial charge is 0.402 e. The molecule has 0 amide bonds. The number of nitrogen functional groups attached to an aromatic ring is 1. The van der Waals surface area contributed by atoms with Crippen LogP contribution in [0, 0.1) is 11.6 Å². The molecule has 0 spiro atoms. The van der Waals surface area contributed by atoms with Crippen molar-refractivity contribution in [3.05, 3.63) is 94.7 Å².